The lowest BCUT2D eigenvalue weighted by Crippen LogP contribution is -2.27. The zero-order valence-corrected chi connectivity index (χ0v) is 14.0. The van der Waals surface area contributed by atoms with E-state index in [4.69, 9.17) is 0 Å². The van der Waals surface area contributed by atoms with Crippen molar-refractivity contribution in [2.75, 3.05) is 18.4 Å². The van der Waals surface area contributed by atoms with Crippen LogP contribution in [0.5, 0.6) is 0 Å². The maximum absolute atomic E-state index is 13.0. The number of para-hydroxylation sites is 1. The Labute approximate surface area is 145 Å². The fourth-order valence-corrected chi connectivity index (χ4v) is 2.50. The molecule has 0 aromatic heterocycles. The van der Waals surface area contributed by atoms with Gasteiger partial charge in [-0.05, 0) is 24.2 Å². The lowest BCUT2D eigenvalue weighted by molar-refractivity contribution is -0.137. The first-order valence-corrected chi connectivity index (χ1v) is 8.12. The Hall–Kier alpha value is -2.34. The van der Waals surface area contributed by atoms with E-state index in [1.165, 1.54) is 18.2 Å². The topological polar surface area (TPSA) is 32.3 Å². The van der Waals surface area contributed by atoms with Crippen molar-refractivity contribution in [2.24, 2.45) is 0 Å². The molecule has 0 unspecified atom stereocenters. The van der Waals surface area contributed by atoms with Gasteiger partial charge in [0, 0.05) is 19.5 Å². The van der Waals surface area contributed by atoms with Gasteiger partial charge < -0.3 is 5.32 Å². The second-order valence-electron chi connectivity index (χ2n) is 5.70. The summed E-state index contributed by atoms with van der Waals surface area (Å²) in [5.41, 5.74) is 0.0956. The summed E-state index contributed by atoms with van der Waals surface area (Å²) in [6, 6.07) is 14.8. The molecular formula is C19H21F3N2O. The molecule has 2 aromatic rings. The molecule has 0 bridgehead atoms. The molecule has 1 amide bonds. The van der Waals surface area contributed by atoms with Crippen LogP contribution in [0.3, 0.4) is 0 Å². The number of rotatable bonds is 7. The number of anilines is 1. The molecule has 0 heterocycles. The van der Waals surface area contributed by atoms with E-state index in [2.05, 4.69) is 10.2 Å². The lowest BCUT2D eigenvalue weighted by atomic mass is 10.1. The highest BCUT2D eigenvalue weighted by molar-refractivity contribution is 5.91. The minimum Gasteiger partial charge on any atom is -0.325 e. The minimum atomic E-state index is -4.49. The van der Waals surface area contributed by atoms with Crippen LogP contribution in [0, 0.1) is 0 Å². The third kappa shape index (κ3) is 5.90. The van der Waals surface area contributed by atoms with Crippen molar-refractivity contribution in [1.29, 1.82) is 0 Å². The van der Waals surface area contributed by atoms with Crippen LogP contribution in [0.25, 0.3) is 0 Å². The summed E-state index contributed by atoms with van der Waals surface area (Å²) in [6.07, 6.45) is -4.36. The van der Waals surface area contributed by atoms with Gasteiger partial charge in [0.2, 0.25) is 5.91 Å². The second-order valence-corrected chi connectivity index (χ2v) is 5.70. The van der Waals surface area contributed by atoms with Gasteiger partial charge in [-0.25, -0.2) is 0 Å². The molecular weight excluding hydrogens is 329 g/mol. The molecule has 0 fully saturated rings. The molecule has 0 saturated heterocycles. The molecule has 0 aliphatic rings. The monoisotopic (exact) mass is 350 g/mol. The Morgan fingerprint density at radius 3 is 2.32 bits per heavy atom. The lowest BCUT2D eigenvalue weighted by Gasteiger charge is -2.20. The standard InChI is InChI=1S/C19H21F3N2O/c1-2-24(14-15-8-4-3-5-9-15)13-12-18(25)23-17-11-7-6-10-16(17)19(20,21)22/h3-11H,2,12-14H2,1H3,(H,23,25). The van der Waals surface area contributed by atoms with Gasteiger partial charge in [-0.3, -0.25) is 9.69 Å². The summed E-state index contributed by atoms with van der Waals surface area (Å²) in [5, 5.41) is 2.37. The second kappa shape index (κ2) is 8.67. The summed E-state index contributed by atoms with van der Waals surface area (Å²) in [5.74, 6) is -0.428. The van der Waals surface area contributed by atoms with Crippen molar-refractivity contribution in [3.63, 3.8) is 0 Å². The van der Waals surface area contributed by atoms with E-state index in [0.717, 1.165) is 18.2 Å². The average molecular weight is 350 g/mol. The number of carbonyl (C=O) groups excluding carboxylic acids is 1. The van der Waals surface area contributed by atoms with Crippen LogP contribution >= 0.6 is 0 Å². The summed E-state index contributed by atoms with van der Waals surface area (Å²) in [4.78, 5) is 14.1. The maximum atomic E-state index is 13.0. The number of hydrogen-bond acceptors (Lipinski definition) is 2. The van der Waals surface area contributed by atoms with Crippen LogP contribution in [-0.2, 0) is 17.5 Å². The van der Waals surface area contributed by atoms with E-state index in [1.54, 1.807) is 0 Å². The molecule has 25 heavy (non-hydrogen) atoms. The number of hydrogen-bond donors (Lipinski definition) is 1. The van der Waals surface area contributed by atoms with Gasteiger partial charge >= 0.3 is 6.18 Å². The number of benzene rings is 2. The third-order valence-corrected chi connectivity index (χ3v) is 3.86. The SMILES string of the molecule is CCN(CCC(=O)Nc1ccccc1C(F)(F)F)Cc1ccccc1. The van der Waals surface area contributed by atoms with Gasteiger partial charge in [0.1, 0.15) is 0 Å². The molecule has 0 saturated carbocycles. The highest BCUT2D eigenvalue weighted by Gasteiger charge is 2.33. The highest BCUT2D eigenvalue weighted by atomic mass is 19.4. The van der Waals surface area contributed by atoms with E-state index in [-0.39, 0.29) is 12.1 Å². The molecule has 0 aliphatic heterocycles. The fraction of sp³-hybridized carbons (Fsp3) is 0.316. The Kier molecular flexibility index (Phi) is 6.58. The Morgan fingerprint density at radius 2 is 1.68 bits per heavy atom. The molecule has 0 spiro atoms. The van der Waals surface area contributed by atoms with Crippen molar-refractivity contribution in [3.8, 4) is 0 Å². The molecule has 1 N–H and O–H groups in total. The highest BCUT2D eigenvalue weighted by Crippen LogP contribution is 2.34. The van der Waals surface area contributed by atoms with Crippen LogP contribution in [0.1, 0.15) is 24.5 Å². The molecule has 2 aromatic carbocycles. The van der Waals surface area contributed by atoms with Crippen molar-refractivity contribution in [2.45, 2.75) is 26.1 Å². The molecule has 6 heteroatoms. The van der Waals surface area contributed by atoms with Crippen LogP contribution < -0.4 is 5.32 Å². The summed E-state index contributed by atoms with van der Waals surface area (Å²) >= 11 is 0. The molecule has 0 radical (unpaired) electrons. The van der Waals surface area contributed by atoms with Crippen LogP contribution in [0.2, 0.25) is 0 Å². The van der Waals surface area contributed by atoms with Crippen molar-refractivity contribution in [1.82, 2.24) is 4.90 Å². The van der Waals surface area contributed by atoms with Gasteiger partial charge in [0.15, 0.2) is 0 Å². The van der Waals surface area contributed by atoms with E-state index < -0.39 is 17.6 Å². The zero-order valence-electron chi connectivity index (χ0n) is 14.0. The van der Waals surface area contributed by atoms with Crippen molar-refractivity contribution >= 4 is 11.6 Å². The Bertz CT molecular complexity index is 687. The first-order chi connectivity index (χ1) is 11.9. The van der Waals surface area contributed by atoms with Crippen LogP contribution in [0.15, 0.2) is 54.6 Å². The Morgan fingerprint density at radius 1 is 1.04 bits per heavy atom. The summed E-state index contributed by atoms with van der Waals surface area (Å²) in [7, 11) is 0. The predicted molar refractivity (Wildman–Crippen MR) is 92.1 cm³/mol. The quantitative estimate of drug-likeness (QED) is 0.794. The van der Waals surface area contributed by atoms with Crippen molar-refractivity contribution in [3.05, 3.63) is 65.7 Å². The summed E-state index contributed by atoms with van der Waals surface area (Å²) < 4.78 is 38.9. The summed E-state index contributed by atoms with van der Waals surface area (Å²) in [6.45, 7) is 3.91. The predicted octanol–water partition coefficient (Wildman–Crippen LogP) is 4.56. The number of carbonyl (C=O) groups is 1. The van der Waals surface area contributed by atoms with E-state index >= 15 is 0 Å². The van der Waals surface area contributed by atoms with Gasteiger partial charge in [-0.2, -0.15) is 13.2 Å². The average Bonchev–Trinajstić information content (AvgIpc) is 2.59. The molecule has 3 nitrogen and oxygen atoms in total. The van der Waals surface area contributed by atoms with E-state index in [9.17, 15) is 18.0 Å². The largest absolute Gasteiger partial charge is 0.418 e. The van der Waals surface area contributed by atoms with E-state index in [1.807, 2.05) is 37.3 Å². The Balaban J connectivity index is 1.92. The van der Waals surface area contributed by atoms with Gasteiger partial charge in [-0.1, -0.05) is 49.4 Å². The van der Waals surface area contributed by atoms with Crippen LogP contribution in [0.4, 0.5) is 18.9 Å². The van der Waals surface area contributed by atoms with Gasteiger partial charge in [0.05, 0.1) is 11.3 Å². The first kappa shape index (κ1) is 19.0. The van der Waals surface area contributed by atoms with Gasteiger partial charge in [-0.15, -0.1) is 0 Å². The first-order valence-electron chi connectivity index (χ1n) is 8.12. The molecule has 2 rings (SSSR count). The zero-order chi connectivity index (χ0) is 18.3. The molecule has 0 atom stereocenters. The normalized spacial score (nSPS) is 11.6. The fourth-order valence-electron chi connectivity index (χ4n) is 2.50. The molecule has 134 valence electrons. The maximum Gasteiger partial charge on any atom is 0.418 e. The minimum absolute atomic E-state index is 0.132. The number of nitrogens with zero attached hydrogens (tertiary/aromatic N) is 1. The van der Waals surface area contributed by atoms with Crippen LogP contribution in [-0.4, -0.2) is 23.9 Å². The number of amides is 1. The van der Waals surface area contributed by atoms with Gasteiger partial charge in [0.25, 0.3) is 0 Å². The number of halogens is 3. The van der Waals surface area contributed by atoms with Crippen molar-refractivity contribution < 1.29 is 18.0 Å². The smallest absolute Gasteiger partial charge is 0.325 e. The number of alkyl halides is 3. The molecule has 0 aliphatic carbocycles. The third-order valence-electron chi connectivity index (χ3n) is 3.86. The number of nitrogens with one attached hydrogen (secondary N) is 1. The van der Waals surface area contributed by atoms with E-state index in [0.29, 0.717) is 13.1 Å².